The average molecular weight is 308 g/mol. The number of benzene rings is 1. The van der Waals surface area contributed by atoms with Gasteiger partial charge in [0.2, 0.25) is 0 Å². The molecule has 0 saturated heterocycles. The first-order valence-electron chi connectivity index (χ1n) is 7.92. The molecule has 0 radical (unpaired) electrons. The molecule has 0 saturated carbocycles. The lowest BCUT2D eigenvalue weighted by atomic mass is 9.86. The predicted molar refractivity (Wildman–Crippen MR) is 94.4 cm³/mol. The summed E-state index contributed by atoms with van der Waals surface area (Å²) in [4.78, 5) is 3.31. The molecule has 1 N–H and O–H groups in total. The highest BCUT2D eigenvalue weighted by molar-refractivity contribution is 7.80. The van der Waals surface area contributed by atoms with Gasteiger partial charge < -0.3 is 10.2 Å². The molecule has 2 nitrogen and oxygen atoms in total. The third kappa shape index (κ3) is 2.30. The summed E-state index contributed by atoms with van der Waals surface area (Å²) in [6.45, 7) is 4.10. The van der Waals surface area contributed by atoms with Crippen molar-refractivity contribution in [2.45, 2.75) is 25.9 Å². The molecule has 1 aromatic carbocycles. The van der Waals surface area contributed by atoms with E-state index in [1.165, 1.54) is 22.4 Å². The van der Waals surface area contributed by atoms with E-state index >= 15 is 0 Å². The first-order chi connectivity index (χ1) is 10.7. The number of nitrogens with zero attached hydrogens (tertiary/aromatic N) is 1. The van der Waals surface area contributed by atoms with Crippen molar-refractivity contribution in [3.05, 3.63) is 71.0 Å². The maximum atomic E-state index is 5.78. The fourth-order valence-corrected chi connectivity index (χ4v) is 4.01. The van der Waals surface area contributed by atoms with Crippen LogP contribution in [0.1, 0.15) is 18.9 Å². The Kier molecular flexibility index (Phi) is 3.38. The smallest absolute Gasteiger partial charge is 0.125 e. The SMILES string of the molecule is CC1=CC2C3=C(NC2C=C1)C(=S)N(Cc1ccccc1)CC3. The Morgan fingerprint density at radius 3 is 2.91 bits per heavy atom. The standard InChI is InChI=1S/C19H20N2S/c1-13-7-8-17-16(11-13)15-9-10-21(19(22)18(15)20-17)12-14-5-3-2-4-6-14/h2-8,11,16-17,20H,9-10,12H2,1H3. The third-order valence-electron chi connectivity index (χ3n) is 4.80. The van der Waals surface area contributed by atoms with Crippen molar-refractivity contribution in [2.75, 3.05) is 6.54 Å². The zero-order chi connectivity index (χ0) is 15.1. The van der Waals surface area contributed by atoms with Gasteiger partial charge in [0.25, 0.3) is 0 Å². The summed E-state index contributed by atoms with van der Waals surface area (Å²) in [5.41, 5.74) is 5.39. The quantitative estimate of drug-likeness (QED) is 0.841. The van der Waals surface area contributed by atoms with E-state index in [0.29, 0.717) is 12.0 Å². The number of hydrogen-bond donors (Lipinski definition) is 1. The molecule has 3 aliphatic rings. The van der Waals surface area contributed by atoms with E-state index in [-0.39, 0.29) is 0 Å². The topological polar surface area (TPSA) is 15.3 Å². The Morgan fingerprint density at radius 2 is 2.09 bits per heavy atom. The number of allylic oxidation sites excluding steroid dienone is 2. The summed E-state index contributed by atoms with van der Waals surface area (Å²) in [7, 11) is 0. The Labute approximate surface area is 137 Å². The second-order valence-electron chi connectivity index (χ2n) is 6.33. The molecule has 2 aliphatic heterocycles. The van der Waals surface area contributed by atoms with Crippen LogP contribution in [0.15, 0.2) is 65.4 Å². The van der Waals surface area contributed by atoms with E-state index in [0.717, 1.165) is 24.5 Å². The molecule has 2 unspecified atom stereocenters. The van der Waals surface area contributed by atoms with Gasteiger partial charge in [-0.25, -0.2) is 0 Å². The largest absolute Gasteiger partial charge is 0.376 e. The van der Waals surface area contributed by atoms with Gasteiger partial charge in [-0.3, -0.25) is 0 Å². The fourth-order valence-electron chi connectivity index (χ4n) is 3.66. The normalized spacial score (nSPS) is 26.5. The molecule has 1 aliphatic carbocycles. The van der Waals surface area contributed by atoms with Crippen LogP contribution in [0.25, 0.3) is 0 Å². The molecular formula is C19H20N2S. The Morgan fingerprint density at radius 1 is 1.27 bits per heavy atom. The molecule has 0 amide bonds. The summed E-state index contributed by atoms with van der Waals surface area (Å²) in [6.07, 6.45) is 7.98. The van der Waals surface area contributed by atoms with E-state index in [2.05, 4.69) is 65.7 Å². The molecule has 2 heterocycles. The van der Waals surface area contributed by atoms with Crippen LogP contribution in [0.5, 0.6) is 0 Å². The van der Waals surface area contributed by atoms with E-state index in [1.807, 2.05) is 0 Å². The van der Waals surface area contributed by atoms with Crippen LogP contribution in [0.3, 0.4) is 0 Å². The van der Waals surface area contributed by atoms with E-state index < -0.39 is 0 Å². The van der Waals surface area contributed by atoms with Gasteiger partial charge in [0.05, 0.1) is 11.7 Å². The lowest BCUT2D eigenvalue weighted by molar-refractivity contribution is 0.410. The number of fused-ring (bicyclic) bond motifs is 2. The lowest BCUT2D eigenvalue weighted by Crippen LogP contribution is -2.38. The van der Waals surface area contributed by atoms with Crippen LogP contribution in [0, 0.1) is 5.92 Å². The molecule has 0 aromatic heterocycles. The molecule has 1 aromatic rings. The maximum Gasteiger partial charge on any atom is 0.125 e. The molecule has 0 spiro atoms. The fraction of sp³-hybridized carbons (Fsp3) is 0.316. The summed E-state index contributed by atoms with van der Waals surface area (Å²) >= 11 is 5.78. The van der Waals surface area contributed by atoms with Crippen molar-refractivity contribution >= 4 is 17.2 Å². The first-order valence-corrected chi connectivity index (χ1v) is 8.32. The minimum atomic E-state index is 0.392. The molecular weight excluding hydrogens is 288 g/mol. The van der Waals surface area contributed by atoms with Gasteiger partial charge in [-0.1, -0.05) is 66.4 Å². The minimum absolute atomic E-state index is 0.392. The maximum absolute atomic E-state index is 5.78. The van der Waals surface area contributed by atoms with E-state index in [1.54, 1.807) is 0 Å². The zero-order valence-corrected chi connectivity index (χ0v) is 13.6. The van der Waals surface area contributed by atoms with Crippen LogP contribution < -0.4 is 5.32 Å². The average Bonchev–Trinajstić information content (AvgIpc) is 2.90. The van der Waals surface area contributed by atoms with Crippen LogP contribution in [-0.4, -0.2) is 22.5 Å². The number of rotatable bonds is 2. The molecule has 0 bridgehead atoms. The number of thiocarbonyl (C=S) groups is 1. The van der Waals surface area contributed by atoms with Crippen molar-refractivity contribution in [1.29, 1.82) is 0 Å². The highest BCUT2D eigenvalue weighted by Gasteiger charge is 2.37. The zero-order valence-electron chi connectivity index (χ0n) is 12.8. The molecule has 112 valence electrons. The summed E-state index contributed by atoms with van der Waals surface area (Å²) < 4.78 is 0. The van der Waals surface area contributed by atoms with Gasteiger partial charge in [0, 0.05) is 19.0 Å². The van der Waals surface area contributed by atoms with Crippen molar-refractivity contribution < 1.29 is 0 Å². The highest BCUT2D eigenvalue weighted by atomic mass is 32.1. The van der Waals surface area contributed by atoms with Gasteiger partial charge in [-0.05, 0) is 24.5 Å². The van der Waals surface area contributed by atoms with Crippen LogP contribution >= 0.6 is 12.2 Å². The van der Waals surface area contributed by atoms with Crippen LogP contribution in [0.4, 0.5) is 0 Å². The number of hydrogen-bond acceptors (Lipinski definition) is 2. The Balaban J connectivity index is 1.57. The Hall–Kier alpha value is -1.87. The van der Waals surface area contributed by atoms with Gasteiger partial charge in [-0.15, -0.1) is 0 Å². The van der Waals surface area contributed by atoms with Crippen molar-refractivity contribution in [3.8, 4) is 0 Å². The molecule has 2 atom stereocenters. The second kappa shape index (κ2) is 5.40. The van der Waals surface area contributed by atoms with Crippen molar-refractivity contribution in [2.24, 2.45) is 5.92 Å². The lowest BCUT2D eigenvalue weighted by Gasteiger charge is -2.31. The predicted octanol–water partition coefficient (Wildman–Crippen LogP) is 3.58. The van der Waals surface area contributed by atoms with Crippen molar-refractivity contribution in [3.63, 3.8) is 0 Å². The van der Waals surface area contributed by atoms with Gasteiger partial charge in [-0.2, -0.15) is 0 Å². The first kappa shape index (κ1) is 13.8. The summed E-state index contributed by atoms with van der Waals surface area (Å²) in [6, 6.07) is 11.0. The van der Waals surface area contributed by atoms with Gasteiger partial charge in [0.1, 0.15) is 4.99 Å². The molecule has 4 rings (SSSR count). The van der Waals surface area contributed by atoms with E-state index in [4.69, 9.17) is 12.2 Å². The molecule has 3 heteroatoms. The van der Waals surface area contributed by atoms with Gasteiger partial charge in [0.15, 0.2) is 0 Å². The minimum Gasteiger partial charge on any atom is -0.376 e. The molecule has 0 fully saturated rings. The van der Waals surface area contributed by atoms with Crippen LogP contribution in [0.2, 0.25) is 0 Å². The molecule has 22 heavy (non-hydrogen) atoms. The highest BCUT2D eigenvalue weighted by Crippen LogP contribution is 2.37. The summed E-state index contributed by atoms with van der Waals surface area (Å²) in [5.74, 6) is 0.497. The van der Waals surface area contributed by atoms with E-state index in [9.17, 15) is 0 Å². The summed E-state index contributed by atoms with van der Waals surface area (Å²) in [5, 5.41) is 3.65. The van der Waals surface area contributed by atoms with Crippen molar-refractivity contribution in [1.82, 2.24) is 10.2 Å². The van der Waals surface area contributed by atoms with Gasteiger partial charge >= 0.3 is 0 Å². The Bertz CT molecular complexity index is 699. The van der Waals surface area contributed by atoms with Crippen LogP contribution in [-0.2, 0) is 6.54 Å². The third-order valence-corrected chi connectivity index (χ3v) is 5.26. The number of nitrogens with one attached hydrogen (secondary N) is 1. The monoisotopic (exact) mass is 308 g/mol. The second-order valence-corrected chi connectivity index (χ2v) is 6.71.